The molecular weight excluding hydrogens is 408 g/mol. The second-order valence-electron chi connectivity index (χ2n) is 8.69. The molecule has 0 radical (unpaired) electrons. The molecule has 2 aliphatic rings. The van der Waals surface area contributed by atoms with Crippen LogP contribution >= 0.6 is 0 Å². The minimum absolute atomic E-state index is 0.0591. The molecule has 2 aromatic rings. The molecule has 32 heavy (non-hydrogen) atoms. The van der Waals surface area contributed by atoms with E-state index >= 15 is 0 Å². The normalized spacial score (nSPS) is 22.5. The van der Waals surface area contributed by atoms with Gasteiger partial charge in [0.25, 0.3) is 0 Å². The number of nitrogens with zero attached hydrogens (tertiary/aromatic N) is 5. The van der Waals surface area contributed by atoms with Crippen molar-refractivity contribution >= 4 is 5.91 Å². The summed E-state index contributed by atoms with van der Waals surface area (Å²) in [7, 11) is 2.01. The van der Waals surface area contributed by atoms with Crippen molar-refractivity contribution in [1.29, 1.82) is 0 Å². The predicted molar refractivity (Wildman–Crippen MR) is 120 cm³/mol. The van der Waals surface area contributed by atoms with Gasteiger partial charge in [0.05, 0.1) is 38.5 Å². The monoisotopic (exact) mass is 442 g/mol. The summed E-state index contributed by atoms with van der Waals surface area (Å²) in [5.41, 5.74) is 0. The standard InChI is InChI=1S/C23H34N6O3/c1-27-7-5-25-22(27)17-29-15-19(18-32-21-3-2-4-24-14-21)13-20(16-29)23(30)26-6-8-28-9-11-31-12-10-28/h2-5,7,14,19-20H,6,8-13,15-18H2,1H3,(H,26,30)/t19-,20+/m0/s1. The molecule has 1 N–H and O–H groups in total. The second kappa shape index (κ2) is 11.4. The van der Waals surface area contributed by atoms with E-state index in [1.54, 1.807) is 12.4 Å². The SMILES string of the molecule is Cn1ccnc1CN1C[C@@H](COc2cccnc2)C[C@@H](C(=O)NCCN2CCOCC2)C1. The lowest BCUT2D eigenvalue weighted by Crippen LogP contribution is -2.49. The average Bonchev–Trinajstić information content (AvgIpc) is 3.23. The first-order valence-corrected chi connectivity index (χ1v) is 11.5. The van der Waals surface area contributed by atoms with Crippen LogP contribution in [-0.2, 0) is 23.1 Å². The van der Waals surface area contributed by atoms with Gasteiger partial charge in [0.15, 0.2) is 0 Å². The van der Waals surface area contributed by atoms with Gasteiger partial charge in [0, 0.05) is 70.8 Å². The first kappa shape index (κ1) is 22.7. The summed E-state index contributed by atoms with van der Waals surface area (Å²) >= 11 is 0. The summed E-state index contributed by atoms with van der Waals surface area (Å²) in [6, 6.07) is 3.78. The number of hydrogen-bond acceptors (Lipinski definition) is 7. The van der Waals surface area contributed by atoms with Gasteiger partial charge in [-0.05, 0) is 18.6 Å². The van der Waals surface area contributed by atoms with Gasteiger partial charge in [-0.1, -0.05) is 0 Å². The Balaban J connectivity index is 1.33. The van der Waals surface area contributed by atoms with Crippen LogP contribution in [-0.4, -0.2) is 89.3 Å². The van der Waals surface area contributed by atoms with Crippen molar-refractivity contribution < 1.29 is 14.3 Å². The van der Waals surface area contributed by atoms with Crippen LogP contribution in [0.2, 0.25) is 0 Å². The zero-order valence-electron chi connectivity index (χ0n) is 18.9. The molecule has 0 bridgehead atoms. The average molecular weight is 443 g/mol. The number of carbonyl (C=O) groups is 1. The number of carbonyl (C=O) groups excluding carboxylic acids is 1. The van der Waals surface area contributed by atoms with E-state index in [4.69, 9.17) is 9.47 Å². The van der Waals surface area contributed by atoms with Crippen LogP contribution in [0.1, 0.15) is 12.2 Å². The van der Waals surface area contributed by atoms with E-state index in [0.717, 1.165) is 70.5 Å². The minimum atomic E-state index is -0.0591. The van der Waals surface area contributed by atoms with Gasteiger partial charge in [0.1, 0.15) is 11.6 Å². The third kappa shape index (κ3) is 6.51. The number of aromatic nitrogens is 3. The molecule has 1 amide bonds. The van der Waals surface area contributed by atoms with Crippen LogP contribution in [0.5, 0.6) is 5.75 Å². The first-order valence-electron chi connectivity index (χ1n) is 11.5. The number of nitrogens with one attached hydrogen (secondary N) is 1. The van der Waals surface area contributed by atoms with Gasteiger partial charge in [0.2, 0.25) is 5.91 Å². The number of piperidine rings is 1. The van der Waals surface area contributed by atoms with E-state index in [0.29, 0.717) is 13.2 Å². The molecule has 0 aliphatic carbocycles. The van der Waals surface area contributed by atoms with Gasteiger partial charge in [-0.25, -0.2) is 4.98 Å². The predicted octanol–water partition coefficient (Wildman–Crippen LogP) is 0.781. The molecule has 0 saturated carbocycles. The highest BCUT2D eigenvalue weighted by Crippen LogP contribution is 2.24. The summed E-state index contributed by atoms with van der Waals surface area (Å²) in [4.78, 5) is 26.3. The Bertz CT molecular complexity index is 839. The number of hydrogen-bond donors (Lipinski definition) is 1. The molecule has 2 saturated heterocycles. The van der Waals surface area contributed by atoms with Crippen molar-refractivity contribution in [2.75, 3.05) is 59.1 Å². The highest BCUT2D eigenvalue weighted by molar-refractivity contribution is 5.79. The Hall–Kier alpha value is -2.49. The number of rotatable bonds is 9. The van der Waals surface area contributed by atoms with Crippen LogP contribution in [0.15, 0.2) is 36.9 Å². The molecule has 0 spiro atoms. The molecule has 174 valence electrons. The van der Waals surface area contributed by atoms with Gasteiger partial charge in [-0.3, -0.25) is 19.6 Å². The summed E-state index contributed by atoms with van der Waals surface area (Å²) in [5, 5.41) is 3.17. The third-order valence-electron chi connectivity index (χ3n) is 6.22. The minimum Gasteiger partial charge on any atom is -0.492 e. The summed E-state index contributed by atoms with van der Waals surface area (Å²) in [5.74, 6) is 2.11. The van der Waals surface area contributed by atoms with Gasteiger partial charge < -0.3 is 19.4 Å². The molecule has 4 heterocycles. The number of ether oxygens (including phenoxy) is 2. The Morgan fingerprint density at radius 1 is 1.25 bits per heavy atom. The van der Waals surface area contributed by atoms with Crippen molar-refractivity contribution in [3.63, 3.8) is 0 Å². The van der Waals surface area contributed by atoms with Crippen LogP contribution in [0.25, 0.3) is 0 Å². The molecule has 9 nitrogen and oxygen atoms in total. The Labute approximate surface area is 189 Å². The zero-order chi connectivity index (χ0) is 22.2. The number of aryl methyl sites for hydroxylation is 1. The maximum atomic E-state index is 13.0. The Kier molecular flexibility index (Phi) is 8.08. The van der Waals surface area contributed by atoms with Crippen molar-refractivity contribution in [2.45, 2.75) is 13.0 Å². The number of likely N-dealkylation sites (tertiary alicyclic amines) is 1. The molecule has 0 aromatic carbocycles. The van der Waals surface area contributed by atoms with Crippen LogP contribution in [0.3, 0.4) is 0 Å². The van der Waals surface area contributed by atoms with Crippen LogP contribution in [0.4, 0.5) is 0 Å². The van der Waals surface area contributed by atoms with Crippen molar-refractivity contribution in [1.82, 2.24) is 29.7 Å². The molecular formula is C23H34N6O3. The fourth-order valence-corrected chi connectivity index (χ4v) is 4.44. The smallest absolute Gasteiger partial charge is 0.224 e. The summed E-state index contributed by atoms with van der Waals surface area (Å²) in [6.07, 6.45) is 8.06. The number of amides is 1. The maximum absolute atomic E-state index is 13.0. The van der Waals surface area contributed by atoms with Crippen LogP contribution < -0.4 is 10.1 Å². The van der Waals surface area contributed by atoms with Gasteiger partial charge in [-0.15, -0.1) is 0 Å². The molecule has 9 heteroatoms. The lowest BCUT2D eigenvalue weighted by molar-refractivity contribution is -0.127. The van der Waals surface area contributed by atoms with Crippen molar-refractivity contribution in [2.24, 2.45) is 18.9 Å². The topological polar surface area (TPSA) is 84.8 Å². The lowest BCUT2D eigenvalue weighted by Gasteiger charge is -2.37. The quantitative estimate of drug-likeness (QED) is 0.614. The summed E-state index contributed by atoms with van der Waals surface area (Å²) < 4.78 is 13.4. The van der Waals surface area contributed by atoms with E-state index in [1.165, 1.54) is 0 Å². The van der Waals surface area contributed by atoms with E-state index < -0.39 is 0 Å². The zero-order valence-corrected chi connectivity index (χ0v) is 18.9. The maximum Gasteiger partial charge on any atom is 0.224 e. The van der Waals surface area contributed by atoms with Crippen molar-refractivity contribution in [3.05, 3.63) is 42.7 Å². The van der Waals surface area contributed by atoms with E-state index in [2.05, 4.69) is 25.1 Å². The molecule has 2 aromatic heterocycles. The molecule has 0 unspecified atom stereocenters. The number of pyridine rings is 1. The second-order valence-corrected chi connectivity index (χ2v) is 8.69. The third-order valence-corrected chi connectivity index (χ3v) is 6.22. The Morgan fingerprint density at radius 3 is 2.88 bits per heavy atom. The first-order chi connectivity index (χ1) is 15.7. The van der Waals surface area contributed by atoms with E-state index in [-0.39, 0.29) is 17.7 Å². The fourth-order valence-electron chi connectivity index (χ4n) is 4.44. The lowest BCUT2D eigenvalue weighted by atomic mass is 9.89. The number of morpholine rings is 1. The summed E-state index contributed by atoms with van der Waals surface area (Å²) in [6.45, 7) is 7.87. The van der Waals surface area contributed by atoms with E-state index in [9.17, 15) is 4.79 Å². The van der Waals surface area contributed by atoms with Gasteiger partial charge in [-0.2, -0.15) is 0 Å². The molecule has 4 rings (SSSR count). The van der Waals surface area contributed by atoms with Crippen molar-refractivity contribution in [3.8, 4) is 5.75 Å². The van der Waals surface area contributed by atoms with Crippen LogP contribution in [0, 0.1) is 11.8 Å². The molecule has 2 atom stereocenters. The molecule has 2 aliphatic heterocycles. The highest BCUT2D eigenvalue weighted by atomic mass is 16.5. The number of imidazole rings is 1. The fraction of sp³-hybridized carbons (Fsp3) is 0.609. The van der Waals surface area contributed by atoms with E-state index in [1.807, 2.05) is 36.1 Å². The molecule has 2 fully saturated rings. The largest absolute Gasteiger partial charge is 0.492 e. The highest BCUT2D eigenvalue weighted by Gasteiger charge is 2.32. The van der Waals surface area contributed by atoms with Gasteiger partial charge >= 0.3 is 0 Å². The Morgan fingerprint density at radius 2 is 2.12 bits per heavy atom.